The van der Waals surface area contributed by atoms with Crippen LogP contribution in [-0.4, -0.2) is 25.0 Å². The molecule has 0 heterocycles. The quantitative estimate of drug-likeness (QED) is 0.719. The molecule has 0 radical (unpaired) electrons. The molecule has 0 unspecified atom stereocenters. The molecule has 1 aliphatic carbocycles. The predicted molar refractivity (Wildman–Crippen MR) is 123 cm³/mol. The monoisotopic (exact) mass is 403 g/mol. The van der Waals surface area contributed by atoms with Gasteiger partial charge in [-0.05, 0) is 86.4 Å². The van der Waals surface area contributed by atoms with E-state index in [2.05, 4.69) is 50.2 Å². The summed E-state index contributed by atoms with van der Waals surface area (Å²) >= 11 is 0. The van der Waals surface area contributed by atoms with Gasteiger partial charge < -0.3 is 10.2 Å². The average molecular weight is 404 g/mol. The number of hydrogen-bond donors (Lipinski definition) is 1. The summed E-state index contributed by atoms with van der Waals surface area (Å²) in [6, 6.07) is 14.9. The van der Waals surface area contributed by atoms with E-state index in [9.17, 15) is 10.1 Å². The first kappa shape index (κ1) is 21.9. The van der Waals surface area contributed by atoms with Crippen molar-refractivity contribution >= 4 is 11.6 Å². The molecule has 1 amide bonds. The van der Waals surface area contributed by atoms with Crippen LogP contribution in [0.25, 0.3) is 0 Å². The Hall–Kier alpha value is -2.80. The van der Waals surface area contributed by atoms with E-state index < -0.39 is 0 Å². The van der Waals surface area contributed by atoms with E-state index in [4.69, 9.17) is 0 Å². The van der Waals surface area contributed by atoms with Crippen molar-refractivity contribution in [3.05, 3.63) is 64.2 Å². The lowest BCUT2D eigenvalue weighted by atomic mass is 9.89. The number of carbonyl (C=O) groups excluding carboxylic acids is 1. The summed E-state index contributed by atoms with van der Waals surface area (Å²) in [5, 5.41) is 12.5. The summed E-state index contributed by atoms with van der Waals surface area (Å²) in [6.45, 7) is 8.43. The van der Waals surface area contributed by atoms with Gasteiger partial charge in [0.05, 0.1) is 11.6 Å². The van der Waals surface area contributed by atoms with Crippen LogP contribution in [0, 0.1) is 25.2 Å². The number of nitrogens with one attached hydrogen (secondary N) is 1. The lowest BCUT2D eigenvalue weighted by molar-refractivity contribution is 0.0926. The summed E-state index contributed by atoms with van der Waals surface area (Å²) in [5.74, 6) is 0.499. The van der Waals surface area contributed by atoms with Crippen LogP contribution in [0.4, 0.5) is 5.69 Å². The number of anilines is 1. The van der Waals surface area contributed by atoms with Crippen molar-refractivity contribution in [2.45, 2.75) is 71.4 Å². The van der Waals surface area contributed by atoms with Crippen LogP contribution < -0.4 is 10.2 Å². The van der Waals surface area contributed by atoms with E-state index in [1.54, 1.807) is 0 Å². The highest BCUT2D eigenvalue weighted by atomic mass is 16.1. The minimum Gasteiger partial charge on any atom is -0.371 e. The van der Waals surface area contributed by atoms with Crippen molar-refractivity contribution in [3.8, 4) is 6.07 Å². The number of hydrogen-bond acceptors (Lipinski definition) is 3. The van der Waals surface area contributed by atoms with Crippen LogP contribution in [0.1, 0.15) is 78.1 Å². The highest BCUT2D eigenvalue weighted by molar-refractivity contribution is 5.94. The number of benzene rings is 2. The summed E-state index contributed by atoms with van der Waals surface area (Å²) in [6.07, 6.45) is 4.07. The van der Waals surface area contributed by atoms with Crippen molar-refractivity contribution in [1.82, 2.24) is 5.32 Å². The van der Waals surface area contributed by atoms with Gasteiger partial charge in [0.15, 0.2) is 0 Å². The Kier molecular flexibility index (Phi) is 6.82. The molecule has 1 N–H and O–H groups in total. The minimum absolute atomic E-state index is 0.0284. The fourth-order valence-electron chi connectivity index (χ4n) is 4.40. The molecule has 1 fully saturated rings. The molecular weight excluding hydrogens is 370 g/mol. The summed E-state index contributed by atoms with van der Waals surface area (Å²) in [7, 11) is 2.15. The molecule has 30 heavy (non-hydrogen) atoms. The van der Waals surface area contributed by atoms with Crippen molar-refractivity contribution in [1.29, 1.82) is 5.26 Å². The minimum atomic E-state index is 0.0284. The number of rotatable bonds is 5. The first-order valence-electron chi connectivity index (χ1n) is 11.0. The molecule has 0 atom stereocenters. The van der Waals surface area contributed by atoms with Crippen LogP contribution >= 0.6 is 0 Å². The number of carbonyl (C=O) groups is 1. The van der Waals surface area contributed by atoms with Gasteiger partial charge in [0.1, 0.15) is 0 Å². The third-order valence-corrected chi connectivity index (χ3v) is 6.68. The second-order valence-corrected chi connectivity index (χ2v) is 8.86. The summed E-state index contributed by atoms with van der Waals surface area (Å²) in [5.41, 5.74) is 6.18. The Morgan fingerprint density at radius 1 is 1.03 bits per heavy atom. The van der Waals surface area contributed by atoms with Crippen LogP contribution in [0.3, 0.4) is 0 Å². The molecular formula is C26H33N3O. The molecule has 3 rings (SSSR count). The molecule has 158 valence electrons. The van der Waals surface area contributed by atoms with Crippen molar-refractivity contribution in [2.75, 3.05) is 11.9 Å². The molecule has 4 nitrogen and oxygen atoms in total. The Morgan fingerprint density at radius 3 is 2.23 bits per heavy atom. The van der Waals surface area contributed by atoms with Crippen LogP contribution in [0.15, 0.2) is 36.4 Å². The molecule has 0 aromatic heterocycles. The first-order valence-corrected chi connectivity index (χ1v) is 11.0. The van der Waals surface area contributed by atoms with Crippen LogP contribution in [0.2, 0.25) is 0 Å². The van der Waals surface area contributed by atoms with Gasteiger partial charge in [0.25, 0.3) is 5.91 Å². The maximum Gasteiger partial charge on any atom is 0.251 e. The van der Waals surface area contributed by atoms with Gasteiger partial charge in [-0.2, -0.15) is 5.26 Å². The van der Waals surface area contributed by atoms with Crippen molar-refractivity contribution < 1.29 is 4.79 Å². The van der Waals surface area contributed by atoms with Crippen molar-refractivity contribution in [3.63, 3.8) is 0 Å². The fourth-order valence-corrected chi connectivity index (χ4v) is 4.40. The zero-order chi connectivity index (χ0) is 21.8. The van der Waals surface area contributed by atoms with Gasteiger partial charge in [-0.3, -0.25) is 4.79 Å². The van der Waals surface area contributed by atoms with Crippen LogP contribution in [-0.2, 0) is 0 Å². The molecule has 0 bridgehead atoms. The van der Waals surface area contributed by atoms with E-state index in [1.165, 1.54) is 16.8 Å². The zero-order valence-corrected chi connectivity index (χ0v) is 18.8. The second kappa shape index (κ2) is 9.34. The maximum atomic E-state index is 12.6. The van der Waals surface area contributed by atoms with Gasteiger partial charge in [0, 0.05) is 30.4 Å². The van der Waals surface area contributed by atoms with Gasteiger partial charge in [-0.1, -0.05) is 26.0 Å². The Labute approximate surface area is 180 Å². The normalized spacial score (nSPS) is 18.7. The number of amides is 1. The topological polar surface area (TPSA) is 56.1 Å². The average Bonchev–Trinajstić information content (AvgIpc) is 2.75. The molecule has 2 aromatic rings. The Morgan fingerprint density at radius 2 is 1.67 bits per heavy atom. The summed E-state index contributed by atoms with van der Waals surface area (Å²) in [4.78, 5) is 15.0. The molecule has 0 aliphatic heterocycles. The maximum absolute atomic E-state index is 12.6. The van der Waals surface area contributed by atoms with Gasteiger partial charge in [0.2, 0.25) is 0 Å². The SMILES string of the molecule is Cc1c(C#N)ccc(N(C)C2CCC(NC(=O)c3ccc(C(C)C)cc3)CC2)c1C. The first-order chi connectivity index (χ1) is 14.3. The third-order valence-electron chi connectivity index (χ3n) is 6.68. The smallest absolute Gasteiger partial charge is 0.251 e. The van der Waals surface area contributed by atoms with Crippen LogP contribution in [0.5, 0.6) is 0 Å². The molecule has 0 spiro atoms. The lowest BCUT2D eigenvalue weighted by Crippen LogP contribution is -2.43. The second-order valence-electron chi connectivity index (χ2n) is 8.86. The number of nitriles is 1. The zero-order valence-electron chi connectivity index (χ0n) is 18.8. The molecule has 4 heteroatoms. The predicted octanol–water partition coefficient (Wildman–Crippen LogP) is 5.48. The molecule has 0 saturated heterocycles. The van der Waals surface area contributed by atoms with E-state index in [1.807, 2.05) is 37.3 Å². The fraction of sp³-hybridized carbons (Fsp3) is 0.462. The third kappa shape index (κ3) is 4.67. The Bertz CT molecular complexity index is 932. The number of nitrogens with zero attached hydrogens (tertiary/aromatic N) is 2. The summed E-state index contributed by atoms with van der Waals surface area (Å²) < 4.78 is 0. The molecule has 2 aromatic carbocycles. The highest BCUT2D eigenvalue weighted by Crippen LogP contribution is 2.31. The largest absolute Gasteiger partial charge is 0.371 e. The highest BCUT2D eigenvalue weighted by Gasteiger charge is 2.26. The molecule has 1 aliphatic rings. The van der Waals surface area contributed by atoms with Crippen molar-refractivity contribution in [2.24, 2.45) is 0 Å². The Balaban J connectivity index is 1.57. The van der Waals surface area contributed by atoms with E-state index in [0.29, 0.717) is 12.0 Å². The lowest BCUT2D eigenvalue weighted by Gasteiger charge is -2.37. The molecule has 1 saturated carbocycles. The van der Waals surface area contributed by atoms with E-state index in [-0.39, 0.29) is 11.9 Å². The standard InChI is InChI=1S/C26H33N3O/c1-17(2)20-6-8-21(9-7-20)26(30)28-23-11-13-24(14-12-23)29(5)25-15-10-22(16-27)18(3)19(25)4/h6-10,15,17,23-24H,11-14H2,1-5H3,(H,28,30). The van der Waals surface area contributed by atoms with Gasteiger partial charge in [-0.25, -0.2) is 0 Å². The van der Waals surface area contributed by atoms with Gasteiger partial charge >= 0.3 is 0 Å². The van der Waals surface area contributed by atoms with Gasteiger partial charge in [-0.15, -0.1) is 0 Å². The van der Waals surface area contributed by atoms with E-state index in [0.717, 1.165) is 42.4 Å². The van der Waals surface area contributed by atoms with E-state index >= 15 is 0 Å².